The van der Waals surface area contributed by atoms with E-state index in [0.29, 0.717) is 16.1 Å². The van der Waals surface area contributed by atoms with Gasteiger partial charge in [0.25, 0.3) is 11.2 Å². The van der Waals surface area contributed by atoms with Gasteiger partial charge in [-0.3, -0.25) is 14.9 Å². The topological polar surface area (TPSA) is 198 Å². The molecule has 2 aromatic carbocycles. The lowest BCUT2D eigenvalue weighted by Gasteiger charge is -2.14. The van der Waals surface area contributed by atoms with E-state index >= 15 is 0 Å². The van der Waals surface area contributed by atoms with Gasteiger partial charge in [0, 0.05) is 17.2 Å². The molecule has 3 rings (SSSR count). The highest BCUT2D eigenvalue weighted by Crippen LogP contribution is 2.22. The third kappa shape index (κ3) is 4.34. The van der Waals surface area contributed by atoms with Gasteiger partial charge >= 0.3 is 0 Å². The number of non-ortho nitro benzene ring substituents is 1. The molecule has 0 aliphatic carbocycles. The summed E-state index contributed by atoms with van der Waals surface area (Å²) in [5.41, 5.74) is 7.51. The molecule has 3 aromatic rings. The number of halogens is 1. The van der Waals surface area contributed by atoms with E-state index in [1.54, 1.807) is 12.1 Å². The second-order valence-electron chi connectivity index (χ2n) is 5.95. The van der Waals surface area contributed by atoms with Gasteiger partial charge in [0.1, 0.15) is 11.8 Å². The fourth-order valence-electron chi connectivity index (χ4n) is 2.56. The molecule has 0 aliphatic heterocycles. The highest BCUT2D eigenvalue weighted by molar-refractivity contribution is 6.31. The quantitative estimate of drug-likeness (QED) is 0.128. The normalized spacial score (nSPS) is 13.3. The van der Waals surface area contributed by atoms with Crippen LogP contribution in [0.25, 0.3) is 11.0 Å². The molecule has 13 heteroatoms. The second kappa shape index (κ2) is 8.55. The SMILES string of the molecule is NN=C(N)N/N=C(\c1nc2ccc(Cl)cc2[nH]c1=O)[C@@H](O)c1ccc([N+](=O)[O-])cc1. The largest absolute Gasteiger partial charge is 0.382 e. The number of fused-ring (bicyclic) bond motifs is 1. The Morgan fingerprint density at radius 2 is 2.00 bits per heavy atom. The fraction of sp³-hybridized carbons (Fsp3) is 0.0588. The van der Waals surface area contributed by atoms with Crippen LogP contribution in [0, 0.1) is 10.1 Å². The smallest absolute Gasteiger partial charge is 0.276 e. The number of hydrazone groups is 2. The van der Waals surface area contributed by atoms with Crippen molar-refractivity contribution in [2.75, 3.05) is 0 Å². The molecule has 0 radical (unpaired) electrons. The Bertz CT molecular complexity index is 1220. The van der Waals surface area contributed by atoms with Gasteiger partial charge in [-0.25, -0.2) is 10.4 Å². The number of aliphatic hydroxyl groups is 1. The van der Waals surface area contributed by atoms with E-state index in [1.807, 2.05) is 0 Å². The van der Waals surface area contributed by atoms with Crippen molar-refractivity contribution in [2.45, 2.75) is 6.10 Å². The van der Waals surface area contributed by atoms with Crippen LogP contribution in [0.3, 0.4) is 0 Å². The molecule has 1 aromatic heterocycles. The van der Waals surface area contributed by atoms with Gasteiger partial charge in [0.05, 0.1) is 16.0 Å². The third-order valence-electron chi connectivity index (χ3n) is 4.01. The zero-order valence-electron chi connectivity index (χ0n) is 15.1. The lowest BCUT2D eigenvalue weighted by atomic mass is 10.0. The fourth-order valence-corrected chi connectivity index (χ4v) is 2.73. The minimum atomic E-state index is -1.48. The monoisotopic (exact) mass is 430 g/mol. The maximum absolute atomic E-state index is 12.6. The number of guanidine groups is 1. The summed E-state index contributed by atoms with van der Waals surface area (Å²) in [6.45, 7) is 0. The summed E-state index contributed by atoms with van der Waals surface area (Å²) in [6.07, 6.45) is -1.48. The number of nitrogens with zero attached hydrogens (tertiary/aromatic N) is 4. The molecule has 154 valence electrons. The number of nitrogens with two attached hydrogens (primary N) is 2. The average Bonchev–Trinajstić information content (AvgIpc) is 2.73. The van der Waals surface area contributed by atoms with Crippen LogP contribution in [-0.4, -0.2) is 31.7 Å². The van der Waals surface area contributed by atoms with E-state index in [-0.39, 0.29) is 28.6 Å². The summed E-state index contributed by atoms with van der Waals surface area (Å²) in [6, 6.07) is 9.76. The number of aromatic nitrogens is 2. The second-order valence-corrected chi connectivity index (χ2v) is 6.39. The first-order valence-corrected chi connectivity index (χ1v) is 8.67. The van der Waals surface area contributed by atoms with Gasteiger partial charge < -0.3 is 21.7 Å². The molecular weight excluding hydrogens is 416 g/mol. The predicted molar refractivity (Wildman–Crippen MR) is 111 cm³/mol. The van der Waals surface area contributed by atoms with Crippen molar-refractivity contribution >= 4 is 40.0 Å². The average molecular weight is 431 g/mol. The molecule has 0 saturated heterocycles. The number of aliphatic hydroxyl groups excluding tert-OH is 1. The van der Waals surface area contributed by atoms with Gasteiger partial charge in [-0.1, -0.05) is 11.6 Å². The molecular formula is C17H15ClN8O4. The molecule has 7 N–H and O–H groups in total. The number of hydrogen-bond acceptors (Lipinski definition) is 8. The summed E-state index contributed by atoms with van der Waals surface area (Å²) in [4.78, 5) is 29.8. The van der Waals surface area contributed by atoms with Gasteiger partial charge in [-0.15, -0.1) is 5.10 Å². The number of nitro benzene ring substituents is 1. The third-order valence-corrected chi connectivity index (χ3v) is 4.24. The van der Waals surface area contributed by atoms with Gasteiger partial charge in [-0.2, -0.15) is 5.10 Å². The van der Waals surface area contributed by atoms with Crippen molar-refractivity contribution in [1.82, 2.24) is 15.4 Å². The number of aromatic amines is 1. The van der Waals surface area contributed by atoms with E-state index in [0.717, 1.165) is 0 Å². The van der Waals surface area contributed by atoms with Gasteiger partial charge in [0.2, 0.25) is 5.96 Å². The first-order valence-electron chi connectivity index (χ1n) is 8.29. The first-order chi connectivity index (χ1) is 14.3. The van der Waals surface area contributed by atoms with E-state index in [4.69, 9.17) is 23.2 Å². The number of H-pyrrole nitrogens is 1. The van der Waals surface area contributed by atoms with Crippen molar-refractivity contribution in [1.29, 1.82) is 0 Å². The van der Waals surface area contributed by atoms with Crippen molar-refractivity contribution in [3.63, 3.8) is 0 Å². The maximum atomic E-state index is 12.6. The molecule has 0 spiro atoms. The minimum absolute atomic E-state index is 0.166. The Morgan fingerprint density at radius 1 is 1.30 bits per heavy atom. The van der Waals surface area contributed by atoms with E-state index < -0.39 is 16.6 Å². The van der Waals surface area contributed by atoms with Gasteiger partial charge in [-0.05, 0) is 35.9 Å². The summed E-state index contributed by atoms with van der Waals surface area (Å²) in [7, 11) is 0. The van der Waals surface area contributed by atoms with Crippen LogP contribution in [0.15, 0.2) is 57.5 Å². The van der Waals surface area contributed by atoms with E-state index in [2.05, 4.69) is 25.6 Å². The molecule has 0 saturated carbocycles. The standard InChI is InChI=1S/C17H15ClN8O4/c18-9-3-6-11-12(7-9)22-16(28)14(21-11)13(24-25-17(19)23-20)15(27)8-1-4-10(5-2-8)26(29)30/h1-7,15,27H,20H2,(H,22,28)(H3,19,23,25)/b24-13+/t15-/m0/s1. The van der Waals surface area contributed by atoms with Crippen LogP contribution in [0.5, 0.6) is 0 Å². The molecule has 0 aliphatic rings. The zero-order chi connectivity index (χ0) is 21.8. The van der Waals surface area contributed by atoms with Crippen LogP contribution >= 0.6 is 11.6 Å². The van der Waals surface area contributed by atoms with E-state index in [1.165, 1.54) is 30.3 Å². The highest BCUT2D eigenvalue weighted by atomic mass is 35.5. The van der Waals surface area contributed by atoms with Crippen LogP contribution in [-0.2, 0) is 0 Å². The van der Waals surface area contributed by atoms with Crippen molar-refractivity contribution in [3.8, 4) is 0 Å². The first kappa shape index (κ1) is 20.7. The van der Waals surface area contributed by atoms with Crippen molar-refractivity contribution in [2.24, 2.45) is 21.8 Å². The molecule has 1 atom stereocenters. The highest BCUT2D eigenvalue weighted by Gasteiger charge is 2.23. The molecule has 0 bridgehead atoms. The molecule has 30 heavy (non-hydrogen) atoms. The Kier molecular flexibility index (Phi) is 5.90. The molecule has 0 amide bonds. The van der Waals surface area contributed by atoms with Crippen LogP contribution < -0.4 is 22.6 Å². The summed E-state index contributed by atoms with van der Waals surface area (Å²) >= 11 is 5.93. The molecule has 1 heterocycles. The zero-order valence-corrected chi connectivity index (χ0v) is 15.9. The number of benzene rings is 2. The van der Waals surface area contributed by atoms with Crippen LogP contribution in [0.4, 0.5) is 5.69 Å². The molecule has 12 nitrogen and oxygen atoms in total. The lowest BCUT2D eigenvalue weighted by molar-refractivity contribution is -0.384. The molecule has 0 fully saturated rings. The van der Waals surface area contributed by atoms with Crippen molar-refractivity contribution < 1.29 is 10.0 Å². The Balaban J connectivity index is 2.12. The molecule has 0 unspecified atom stereocenters. The van der Waals surface area contributed by atoms with Crippen molar-refractivity contribution in [3.05, 3.63) is 79.2 Å². The Labute approximate surface area is 173 Å². The minimum Gasteiger partial charge on any atom is -0.382 e. The summed E-state index contributed by atoms with van der Waals surface area (Å²) < 4.78 is 0. The van der Waals surface area contributed by atoms with E-state index in [9.17, 15) is 20.0 Å². The summed E-state index contributed by atoms with van der Waals surface area (Å²) in [5.74, 6) is 4.77. The van der Waals surface area contributed by atoms with Crippen LogP contribution in [0.2, 0.25) is 5.02 Å². The predicted octanol–water partition coefficient (Wildman–Crippen LogP) is 0.700. The number of nitrogens with one attached hydrogen (secondary N) is 2. The number of rotatable bonds is 5. The van der Waals surface area contributed by atoms with Crippen LogP contribution in [0.1, 0.15) is 17.4 Å². The number of hydrogen-bond donors (Lipinski definition) is 5. The summed E-state index contributed by atoms with van der Waals surface area (Å²) in [5, 5.41) is 29.2. The lowest BCUT2D eigenvalue weighted by Crippen LogP contribution is -2.33. The number of nitro groups is 1. The Hall–Kier alpha value is -4.03. The van der Waals surface area contributed by atoms with Gasteiger partial charge in [0.15, 0.2) is 5.69 Å². The Morgan fingerprint density at radius 3 is 2.63 bits per heavy atom. The maximum Gasteiger partial charge on any atom is 0.276 e.